The fraction of sp³-hybridized carbons (Fsp3) is 0.444. The Bertz CT molecular complexity index is 1940. The smallest absolute Gasteiger partial charge is 0.338 e. The van der Waals surface area contributed by atoms with Gasteiger partial charge in [0, 0.05) is 29.5 Å². The van der Waals surface area contributed by atoms with E-state index in [1.54, 1.807) is 63.3 Å². The third-order valence-corrected chi connectivity index (χ3v) is 10.2. The van der Waals surface area contributed by atoms with Crippen LogP contribution in [0, 0.1) is 0 Å². The number of amides is 1. The molecule has 0 radical (unpaired) electrons. The molecule has 6 N–H and O–H groups in total. The molecule has 0 bridgehead atoms. The molecule has 0 spiro atoms. The van der Waals surface area contributed by atoms with Crippen molar-refractivity contribution in [3.63, 3.8) is 0 Å². The van der Waals surface area contributed by atoms with Gasteiger partial charge >= 0.3 is 11.9 Å². The van der Waals surface area contributed by atoms with Crippen molar-refractivity contribution in [2.24, 2.45) is 0 Å². The van der Waals surface area contributed by atoms with Gasteiger partial charge in [-0.05, 0) is 51.0 Å². The molecule has 3 aliphatic rings. The highest BCUT2D eigenvalue weighted by atomic mass is 16.8. The lowest BCUT2D eigenvalue weighted by Crippen LogP contribution is -2.59. The van der Waals surface area contributed by atoms with E-state index < -0.39 is 97.5 Å². The minimum Gasteiger partial charge on any atom is -0.460 e. The van der Waals surface area contributed by atoms with Crippen LogP contribution in [0.1, 0.15) is 67.1 Å². The van der Waals surface area contributed by atoms with Crippen LogP contribution in [0.2, 0.25) is 0 Å². The SMILES string of the molecule is CC(C)(C)OC(=O)CC[C@@H](CO)NC(=O)C1=C[C@H]2OC(c3ccccc3)(c3ccccc3)O[C@H]2[C@H](OC(=O)c2cccc(C=CCO[C@H]3O[C@H](CO)[C@H](O)[C@H](O)[C@H]3O)c2)C1. The van der Waals surface area contributed by atoms with Crippen LogP contribution >= 0.6 is 0 Å². The van der Waals surface area contributed by atoms with Crippen molar-refractivity contribution in [1.82, 2.24) is 5.32 Å². The van der Waals surface area contributed by atoms with Crippen molar-refractivity contribution < 1.29 is 68.3 Å². The molecule has 15 nitrogen and oxygen atoms in total. The lowest BCUT2D eigenvalue weighted by atomic mass is 9.91. The van der Waals surface area contributed by atoms with Crippen LogP contribution in [-0.2, 0) is 43.8 Å². The zero-order chi connectivity index (χ0) is 43.0. The van der Waals surface area contributed by atoms with Gasteiger partial charge in [-0.1, -0.05) is 84.9 Å². The third-order valence-electron chi connectivity index (χ3n) is 10.2. The van der Waals surface area contributed by atoms with Crippen LogP contribution in [0.15, 0.2) is 103 Å². The fourth-order valence-electron chi connectivity index (χ4n) is 7.28. The first-order valence-corrected chi connectivity index (χ1v) is 19.9. The first-order valence-electron chi connectivity index (χ1n) is 19.9. The molecule has 2 aliphatic heterocycles. The van der Waals surface area contributed by atoms with Crippen LogP contribution in [0.5, 0.6) is 0 Å². The van der Waals surface area contributed by atoms with Crippen LogP contribution in [0.25, 0.3) is 6.08 Å². The van der Waals surface area contributed by atoms with Crippen LogP contribution in [0.3, 0.4) is 0 Å². The summed E-state index contributed by atoms with van der Waals surface area (Å²) in [6.07, 6.45) is -4.81. The van der Waals surface area contributed by atoms with Crippen molar-refractivity contribution in [1.29, 1.82) is 0 Å². The number of carbonyl (C=O) groups is 3. The van der Waals surface area contributed by atoms with Crippen molar-refractivity contribution >= 4 is 23.9 Å². The number of carbonyl (C=O) groups excluding carboxylic acids is 3. The molecule has 3 aromatic carbocycles. The molecule has 1 aliphatic carbocycles. The average Bonchev–Trinajstić information content (AvgIpc) is 3.65. The first-order chi connectivity index (χ1) is 28.7. The Labute approximate surface area is 348 Å². The Morgan fingerprint density at radius 1 is 0.900 bits per heavy atom. The van der Waals surface area contributed by atoms with Gasteiger partial charge in [0.1, 0.15) is 48.3 Å². The summed E-state index contributed by atoms with van der Waals surface area (Å²) >= 11 is 0. The van der Waals surface area contributed by atoms with Crippen LogP contribution in [0.4, 0.5) is 0 Å². The Morgan fingerprint density at radius 3 is 2.22 bits per heavy atom. The summed E-state index contributed by atoms with van der Waals surface area (Å²) in [4.78, 5) is 40.2. The largest absolute Gasteiger partial charge is 0.460 e. The van der Waals surface area contributed by atoms with E-state index >= 15 is 0 Å². The minimum absolute atomic E-state index is 0.0279. The maximum Gasteiger partial charge on any atom is 0.338 e. The van der Waals surface area contributed by atoms with Crippen molar-refractivity contribution in [3.8, 4) is 0 Å². The Balaban J connectivity index is 1.20. The van der Waals surface area contributed by atoms with Gasteiger partial charge in [-0.25, -0.2) is 4.79 Å². The van der Waals surface area contributed by atoms with Gasteiger partial charge in [0.15, 0.2) is 6.29 Å². The Kier molecular flexibility index (Phi) is 14.7. The molecule has 2 fully saturated rings. The standard InChI is InChI=1S/C45H53NO14/c1-44(2,3)59-36(49)20-19-32(25-47)46-41(53)29-23-33(40-34(24-29)58-45(60-40,30-15-6-4-7-16-30)31-17-8-5-9-18-31)56-42(54)28-14-10-12-27(22-28)13-11-21-55-43-39(52)38(51)37(50)35(26-48)57-43/h4-18,22,24,32-35,37-40,43,47-48,50-52H,19-21,23,25-26H2,1-3H3,(H,46,53)/t32-,33+,34+,35+,37-,38-,39+,40-,43-/m0/s1. The first kappa shape index (κ1) is 44.7. The van der Waals surface area contributed by atoms with Crippen LogP contribution in [-0.4, -0.2) is 124 Å². The topological polar surface area (TPSA) is 220 Å². The van der Waals surface area contributed by atoms with E-state index in [9.17, 15) is 39.9 Å². The monoisotopic (exact) mass is 831 g/mol. The van der Waals surface area contributed by atoms with E-state index in [0.717, 1.165) is 0 Å². The zero-order valence-corrected chi connectivity index (χ0v) is 33.7. The lowest BCUT2D eigenvalue weighted by molar-refractivity contribution is -0.298. The maximum absolute atomic E-state index is 13.9. The summed E-state index contributed by atoms with van der Waals surface area (Å²) in [6, 6.07) is 24.4. The summed E-state index contributed by atoms with van der Waals surface area (Å²) in [5.41, 5.74) is 1.72. The summed E-state index contributed by atoms with van der Waals surface area (Å²) in [5, 5.41) is 52.7. The molecule has 2 saturated heterocycles. The van der Waals surface area contributed by atoms with E-state index in [4.69, 9.17) is 28.4 Å². The number of aliphatic hydroxyl groups excluding tert-OH is 5. The Morgan fingerprint density at radius 2 is 1.58 bits per heavy atom. The number of ether oxygens (including phenoxy) is 6. The second kappa shape index (κ2) is 19.7. The number of aliphatic hydroxyl groups is 5. The maximum atomic E-state index is 13.9. The number of rotatable bonds is 15. The molecule has 0 saturated carbocycles. The third kappa shape index (κ3) is 10.7. The van der Waals surface area contributed by atoms with Crippen molar-refractivity contribution in [3.05, 3.63) is 125 Å². The van der Waals surface area contributed by atoms with Gasteiger partial charge in [-0.15, -0.1) is 0 Å². The summed E-state index contributed by atoms with van der Waals surface area (Å²) in [5.74, 6) is -3.11. The summed E-state index contributed by atoms with van der Waals surface area (Å²) in [6.45, 7) is 4.17. The number of fused-ring (bicyclic) bond motifs is 1. The molecule has 9 atom stereocenters. The number of benzene rings is 3. The van der Waals surface area contributed by atoms with E-state index in [-0.39, 0.29) is 37.0 Å². The predicted octanol–water partition coefficient (Wildman–Crippen LogP) is 2.66. The molecule has 322 valence electrons. The lowest BCUT2D eigenvalue weighted by Gasteiger charge is -2.39. The zero-order valence-electron chi connectivity index (χ0n) is 33.7. The predicted molar refractivity (Wildman–Crippen MR) is 215 cm³/mol. The van der Waals surface area contributed by atoms with E-state index in [1.165, 1.54) is 0 Å². The van der Waals surface area contributed by atoms with Gasteiger partial charge in [0.2, 0.25) is 11.7 Å². The van der Waals surface area contributed by atoms with Gasteiger partial charge in [-0.2, -0.15) is 0 Å². The molecule has 0 unspecified atom stereocenters. The second-order valence-electron chi connectivity index (χ2n) is 15.9. The molecule has 3 aromatic rings. The van der Waals surface area contributed by atoms with E-state index in [1.807, 2.05) is 60.7 Å². The molecule has 2 heterocycles. The normalized spacial score (nSPS) is 26.8. The van der Waals surface area contributed by atoms with Crippen molar-refractivity contribution in [2.75, 3.05) is 19.8 Å². The van der Waals surface area contributed by atoms with Gasteiger partial charge in [0.05, 0.1) is 31.4 Å². The van der Waals surface area contributed by atoms with E-state index in [2.05, 4.69) is 5.32 Å². The Hall–Kier alpha value is -4.81. The molecular weight excluding hydrogens is 778 g/mol. The fourth-order valence-corrected chi connectivity index (χ4v) is 7.28. The highest BCUT2D eigenvalue weighted by molar-refractivity contribution is 5.94. The highest BCUT2D eigenvalue weighted by Crippen LogP contribution is 2.47. The van der Waals surface area contributed by atoms with Crippen LogP contribution < -0.4 is 5.32 Å². The van der Waals surface area contributed by atoms with E-state index in [0.29, 0.717) is 16.7 Å². The average molecular weight is 832 g/mol. The van der Waals surface area contributed by atoms with Gasteiger partial charge in [-0.3, -0.25) is 9.59 Å². The second-order valence-corrected chi connectivity index (χ2v) is 15.9. The molecular formula is C45H53NO14. The summed E-state index contributed by atoms with van der Waals surface area (Å²) in [7, 11) is 0. The van der Waals surface area contributed by atoms with Crippen molar-refractivity contribution in [2.45, 2.75) is 106 Å². The molecule has 0 aromatic heterocycles. The molecule has 6 rings (SSSR count). The number of esters is 2. The molecule has 1 amide bonds. The van der Waals surface area contributed by atoms with Gasteiger partial charge < -0.3 is 59.3 Å². The number of hydrogen-bond acceptors (Lipinski definition) is 14. The minimum atomic E-state index is -1.57. The molecule has 60 heavy (non-hydrogen) atoms. The quantitative estimate of drug-likeness (QED) is 0.121. The molecule has 15 heteroatoms. The highest BCUT2D eigenvalue weighted by Gasteiger charge is 2.55. The van der Waals surface area contributed by atoms with Gasteiger partial charge in [0.25, 0.3) is 0 Å². The number of nitrogens with one attached hydrogen (secondary N) is 1. The summed E-state index contributed by atoms with van der Waals surface area (Å²) < 4.78 is 36.1. The number of hydrogen-bond donors (Lipinski definition) is 6.